The Bertz CT molecular complexity index is 1300. The van der Waals surface area contributed by atoms with Gasteiger partial charge in [-0.2, -0.15) is 4.36 Å². The van der Waals surface area contributed by atoms with Crippen LogP contribution >= 0.6 is 11.6 Å². The zero-order valence-electron chi connectivity index (χ0n) is 16.9. The van der Waals surface area contributed by atoms with Crippen molar-refractivity contribution < 1.29 is 19.5 Å². The molecule has 11 nitrogen and oxygen atoms in total. The van der Waals surface area contributed by atoms with Crippen molar-refractivity contribution in [3.63, 3.8) is 0 Å². The Labute approximate surface area is 188 Å². The number of carbonyl (C=O) groups is 3. The fourth-order valence-corrected chi connectivity index (χ4v) is 4.17. The average Bonchev–Trinajstić information content (AvgIpc) is 3.07. The monoisotopic (exact) mass is 478 g/mol. The molecule has 13 heteroatoms. The number of H-pyrrole nitrogens is 1. The van der Waals surface area contributed by atoms with Gasteiger partial charge in [0, 0.05) is 28.6 Å². The first-order valence-corrected chi connectivity index (χ1v) is 11.0. The van der Waals surface area contributed by atoms with E-state index in [1.807, 2.05) is 0 Å². The number of nitrogen functional groups attached to an aromatic ring is 1. The predicted octanol–water partition coefficient (Wildman–Crippen LogP) is 1.89. The first-order chi connectivity index (χ1) is 15.2. The van der Waals surface area contributed by atoms with Gasteiger partial charge in [-0.25, -0.2) is 14.8 Å². The third kappa shape index (κ3) is 5.26. The van der Waals surface area contributed by atoms with Gasteiger partial charge in [-0.1, -0.05) is 30.7 Å². The van der Waals surface area contributed by atoms with Gasteiger partial charge in [-0.05, 0) is 17.7 Å². The molecule has 3 rings (SSSR count). The number of nitrogens with zero attached hydrogens (tertiary/aromatic N) is 4. The number of nitrogens with one attached hydrogen (secondary N) is 1. The number of amides is 1. The Morgan fingerprint density at radius 3 is 2.53 bits per heavy atom. The number of benzene rings is 1. The van der Waals surface area contributed by atoms with E-state index in [0.717, 1.165) is 5.56 Å². The van der Waals surface area contributed by atoms with E-state index in [1.165, 1.54) is 4.57 Å². The van der Waals surface area contributed by atoms with E-state index >= 15 is 0 Å². The third-order valence-corrected chi connectivity index (χ3v) is 6.19. The van der Waals surface area contributed by atoms with Crippen LogP contribution in [0.2, 0.25) is 5.02 Å². The lowest BCUT2D eigenvalue weighted by molar-refractivity contribution is -0.138. The first-order valence-electron chi connectivity index (χ1n) is 9.43. The number of imidazole rings is 1. The van der Waals surface area contributed by atoms with Crippen LogP contribution in [-0.4, -0.2) is 41.6 Å². The van der Waals surface area contributed by atoms with Crippen LogP contribution in [0.3, 0.4) is 0 Å². The number of rotatable bonds is 7. The molecular weight excluding hydrogens is 460 g/mol. The number of aliphatic carboxylic acids is 1. The quantitative estimate of drug-likeness (QED) is 0.431. The summed E-state index contributed by atoms with van der Waals surface area (Å²) in [4.78, 5) is 58.8. The molecule has 0 bridgehead atoms. The Morgan fingerprint density at radius 2 is 1.91 bits per heavy atom. The number of carbonyl (C=O) groups excluding carboxylic acids is 2. The first kappa shape index (κ1) is 23.3. The van der Waals surface area contributed by atoms with Gasteiger partial charge < -0.3 is 15.8 Å². The number of hydrogen-bond donors (Lipinski definition) is 3. The number of anilines is 1. The zero-order valence-corrected chi connectivity index (χ0v) is 18.4. The number of aromatic amines is 1. The zero-order chi connectivity index (χ0) is 23.4. The summed E-state index contributed by atoms with van der Waals surface area (Å²) in [5.74, 6) is -1.99. The van der Waals surface area contributed by atoms with E-state index in [9.17, 15) is 19.2 Å². The molecule has 1 atom stereocenters. The minimum absolute atomic E-state index is 0.0465. The Kier molecular flexibility index (Phi) is 7.15. The second kappa shape index (κ2) is 9.83. The number of carboxylic acids is 1. The molecule has 0 fully saturated rings. The fraction of sp³-hybridized carbons (Fsp3) is 0.263. The van der Waals surface area contributed by atoms with E-state index in [4.69, 9.17) is 22.4 Å². The SMILES string of the molecule is CCC(=O)S(=NC(=O)CCC(=O)O)c1nc(N)c2[nH]c(=O)n(Cc3ccc(Cl)cc3)c2n1. The fourth-order valence-electron chi connectivity index (χ4n) is 2.73. The smallest absolute Gasteiger partial charge is 0.328 e. The van der Waals surface area contributed by atoms with Gasteiger partial charge in [0.1, 0.15) is 5.52 Å². The van der Waals surface area contributed by atoms with Gasteiger partial charge >= 0.3 is 11.7 Å². The normalized spacial score (nSPS) is 12.2. The number of aromatic nitrogens is 4. The minimum Gasteiger partial charge on any atom is -0.481 e. The molecule has 0 saturated heterocycles. The maximum atomic E-state index is 12.5. The molecule has 0 saturated carbocycles. The van der Waals surface area contributed by atoms with Crippen LogP contribution in [0.15, 0.2) is 38.6 Å². The van der Waals surface area contributed by atoms with E-state index in [2.05, 4.69) is 19.3 Å². The summed E-state index contributed by atoms with van der Waals surface area (Å²) in [6.07, 6.45) is -0.732. The maximum absolute atomic E-state index is 12.5. The van der Waals surface area contributed by atoms with Crippen LogP contribution in [0.25, 0.3) is 11.2 Å². The number of carboxylic acid groups (broad SMARTS) is 1. The summed E-state index contributed by atoms with van der Waals surface area (Å²) >= 11 is 5.91. The molecule has 0 aliphatic rings. The second-order valence-corrected chi connectivity index (χ2v) is 8.63. The highest BCUT2D eigenvalue weighted by atomic mass is 35.5. The molecule has 0 spiro atoms. The van der Waals surface area contributed by atoms with E-state index in [1.54, 1.807) is 31.2 Å². The maximum Gasteiger partial charge on any atom is 0.328 e. The number of halogens is 1. The molecule has 0 aliphatic carbocycles. The molecule has 1 unspecified atom stereocenters. The lowest BCUT2D eigenvalue weighted by Crippen LogP contribution is -2.18. The summed E-state index contributed by atoms with van der Waals surface area (Å²) < 4.78 is 5.17. The number of fused-ring (bicyclic) bond motifs is 1. The number of nitrogens with two attached hydrogens (primary N) is 1. The van der Waals surface area contributed by atoms with Crippen LogP contribution in [-0.2, 0) is 31.6 Å². The Hall–Kier alpha value is -3.38. The van der Waals surface area contributed by atoms with Gasteiger partial charge in [0.15, 0.2) is 11.5 Å². The molecular formula is C19H19ClN6O5S. The average molecular weight is 479 g/mol. The molecule has 3 aromatic rings. The van der Waals surface area contributed by atoms with Crippen LogP contribution in [0.1, 0.15) is 31.7 Å². The van der Waals surface area contributed by atoms with Gasteiger partial charge in [0.25, 0.3) is 5.91 Å². The van der Waals surface area contributed by atoms with E-state index < -0.39 is 39.8 Å². The highest BCUT2D eigenvalue weighted by Crippen LogP contribution is 2.19. The highest BCUT2D eigenvalue weighted by Gasteiger charge is 2.21. The molecule has 168 valence electrons. The minimum atomic E-state index is -1.70. The third-order valence-electron chi connectivity index (χ3n) is 4.31. The lowest BCUT2D eigenvalue weighted by Gasteiger charge is -2.08. The number of hydrogen-bond acceptors (Lipinski definition) is 7. The molecule has 0 radical (unpaired) electrons. The Morgan fingerprint density at radius 1 is 1.22 bits per heavy atom. The van der Waals surface area contributed by atoms with Crippen LogP contribution in [0.5, 0.6) is 0 Å². The molecule has 1 aromatic carbocycles. The Balaban J connectivity index is 2.09. The summed E-state index contributed by atoms with van der Waals surface area (Å²) in [5, 5.41) is 8.76. The van der Waals surface area contributed by atoms with Crippen LogP contribution in [0.4, 0.5) is 5.82 Å². The summed E-state index contributed by atoms with van der Waals surface area (Å²) in [6, 6.07) is 6.87. The van der Waals surface area contributed by atoms with Crippen LogP contribution in [0, 0.1) is 0 Å². The van der Waals surface area contributed by atoms with Crippen molar-refractivity contribution in [3.05, 3.63) is 45.3 Å². The van der Waals surface area contributed by atoms with Gasteiger partial charge in [0.05, 0.1) is 13.0 Å². The second-order valence-electron chi connectivity index (χ2n) is 6.62. The van der Waals surface area contributed by atoms with Crippen molar-refractivity contribution in [1.29, 1.82) is 0 Å². The van der Waals surface area contributed by atoms with Crippen molar-refractivity contribution in [2.24, 2.45) is 4.36 Å². The van der Waals surface area contributed by atoms with Crippen LogP contribution < -0.4 is 11.4 Å². The van der Waals surface area contributed by atoms with Gasteiger partial charge in [-0.15, -0.1) is 0 Å². The molecule has 0 aliphatic heterocycles. The standard InChI is InChI=1S/C19H19ClN6O5S/c1-2-14(30)32(25-12(27)7-8-13(28)29)18-23-16(21)15-17(24-18)26(19(31)22-15)9-10-3-5-11(20)6-4-10/h3-6H,2,7-9H2,1H3,(H,22,31)(H,28,29)(H2,21,23,24). The summed E-state index contributed by atoms with van der Waals surface area (Å²) in [7, 11) is -1.70. The molecule has 2 heterocycles. The summed E-state index contributed by atoms with van der Waals surface area (Å²) in [5.41, 5.74) is 6.63. The predicted molar refractivity (Wildman–Crippen MR) is 118 cm³/mol. The topological polar surface area (TPSA) is 173 Å². The molecule has 32 heavy (non-hydrogen) atoms. The van der Waals surface area contributed by atoms with Gasteiger partial charge in [-0.3, -0.25) is 19.0 Å². The van der Waals surface area contributed by atoms with E-state index in [-0.39, 0.29) is 41.5 Å². The van der Waals surface area contributed by atoms with Crippen molar-refractivity contribution in [2.75, 3.05) is 5.73 Å². The van der Waals surface area contributed by atoms with Crippen molar-refractivity contribution in [1.82, 2.24) is 19.5 Å². The van der Waals surface area contributed by atoms with Crippen molar-refractivity contribution in [2.45, 2.75) is 37.9 Å². The largest absolute Gasteiger partial charge is 0.481 e. The van der Waals surface area contributed by atoms with Crippen molar-refractivity contribution >= 4 is 56.3 Å². The van der Waals surface area contributed by atoms with E-state index in [0.29, 0.717) is 5.02 Å². The van der Waals surface area contributed by atoms with Gasteiger partial charge in [0.2, 0.25) is 10.3 Å². The molecule has 1 amide bonds. The molecule has 2 aromatic heterocycles. The highest BCUT2D eigenvalue weighted by molar-refractivity contribution is 8.02. The lowest BCUT2D eigenvalue weighted by atomic mass is 10.2. The van der Waals surface area contributed by atoms with Crippen molar-refractivity contribution in [3.8, 4) is 0 Å². The summed E-state index contributed by atoms with van der Waals surface area (Å²) in [6.45, 7) is 1.74. The molecule has 4 N–H and O–H groups in total.